The Morgan fingerprint density at radius 2 is 1.78 bits per heavy atom. The lowest BCUT2D eigenvalue weighted by Gasteiger charge is -2.34. The number of carbonyl (C=O) groups is 1. The van der Waals surface area contributed by atoms with Crippen LogP contribution in [0, 0.1) is 23.2 Å². The standard InChI is InChI=1S/C23H29N5O3S/c1-16-12-17(2)15-27(14-16)32(30,31)19-9-7-18(8-10-19)22(29)20(13-24)23-26-25-21-6-4-3-5-11-28(21)23/h7-10,16-17,20H,3-6,11-12,14-15H2,1-2H3. The van der Waals surface area contributed by atoms with E-state index in [1.807, 2.05) is 4.57 Å². The van der Waals surface area contributed by atoms with Gasteiger partial charge in [0.25, 0.3) is 0 Å². The monoisotopic (exact) mass is 455 g/mol. The summed E-state index contributed by atoms with van der Waals surface area (Å²) in [5.74, 6) is 0.351. The van der Waals surface area contributed by atoms with Crippen molar-refractivity contribution in [1.29, 1.82) is 5.26 Å². The second-order valence-electron chi connectivity index (χ2n) is 9.16. The number of carbonyl (C=O) groups excluding carboxylic acids is 1. The second-order valence-corrected chi connectivity index (χ2v) is 11.1. The van der Waals surface area contributed by atoms with Gasteiger partial charge in [-0.05, 0) is 43.2 Å². The fraction of sp³-hybridized carbons (Fsp3) is 0.565. The first-order chi connectivity index (χ1) is 15.3. The second kappa shape index (κ2) is 9.12. The van der Waals surface area contributed by atoms with Crippen LogP contribution in [0.25, 0.3) is 0 Å². The largest absolute Gasteiger partial charge is 0.313 e. The molecule has 2 aliphatic rings. The molecule has 0 amide bonds. The number of rotatable bonds is 5. The number of benzene rings is 1. The van der Waals surface area contributed by atoms with Crippen molar-refractivity contribution in [2.75, 3.05) is 13.1 Å². The van der Waals surface area contributed by atoms with E-state index in [0.717, 1.165) is 37.9 Å². The van der Waals surface area contributed by atoms with Crippen molar-refractivity contribution in [2.45, 2.75) is 63.3 Å². The van der Waals surface area contributed by atoms with Crippen molar-refractivity contribution >= 4 is 15.8 Å². The van der Waals surface area contributed by atoms with Gasteiger partial charge in [0.1, 0.15) is 5.82 Å². The topological polar surface area (TPSA) is 109 Å². The summed E-state index contributed by atoms with van der Waals surface area (Å²) in [5.41, 5.74) is 0.293. The first-order valence-corrected chi connectivity index (χ1v) is 12.7. The average molecular weight is 456 g/mol. The lowest BCUT2D eigenvalue weighted by Crippen LogP contribution is -2.42. The fourth-order valence-electron chi connectivity index (χ4n) is 4.86. The van der Waals surface area contributed by atoms with E-state index in [2.05, 4.69) is 30.1 Å². The molecule has 0 radical (unpaired) electrons. The van der Waals surface area contributed by atoms with E-state index in [9.17, 15) is 18.5 Å². The summed E-state index contributed by atoms with van der Waals surface area (Å²) in [7, 11) is -3.62. The summed E-state index contributed by atoms with van der Waals surface area (Å²) in [5, 5.41) is 18.1. The zero-order chi connectivity index (χ0) is 22.9. The number of fused-ring (bicyclic) bond motifs is 1. The summed E-state index contributed by atoms with van der Waals surface area (Å²) < 4.78 is 29.6. The van der Waals surface area contributed by atoms with Gasteiger partial charge in [0, 0.05) is 31.6 Å². The maximum absolute atomic E-state index is 13.1. The summed E-state index contributed by atoms with van der Waals surface area (Å²) in [6.07, 6.45) is 4.87. The number of Topliss-reactive ketones (excluding diaryl/α,β-unsaturated/α-hetero) is 1. The van der Waals surface area contributed by atoms with Crippen LogP contribution in [0.15, 0.2) is 29.2 Å². The molecule has 3 atom stereocenters. The Bertz CT molecular complexity index is 1120. The number of hydrogen-bond acceptors (Lipinski definition) is 6. The number of nitrogens with zero attached hydrogens (tertiary/aromatic N) is 5. The molecule has 2 aliphatic heterocycles. The van der Waals surface area contributed by atoms with Gasteiger partial charge in [-0.3, -0.25) is 4.79 Å². The molecular formula is C23H29N5O3S. The number of sulfonamides is 1. The van der Waals surface area contributed by atoms with Crippen molar-refractivity contribution in [1.82, 2.24) is 19.1 Å². The number of aromatic nitrogens is 3. The molecule has 0 spiro atoms. The van der Waals surface area contributed by atoms with Gasteiger partial charge in [-0.25, -0.2) is 8.42 Å². The summed E-state index contributed by atoms with van der Waals surface area (Å²) in [6.45, 7) is 5.83. The molecule has 3 unspecified atom stereocenters. The van der Waals surface area contributed by atoms with Crippen molar-refractivity contribution in [3.63, 3.8) is 0 Å². The highest BCUT2D eigenvalue weighted by Crippen LogP contribution is 2.28. The highest BCUT2D eigenvalue weighted by molar-refractivity contribution is 7.89. The van der Waals surface area contributed by atoms with Crippen LogP contribution in [0.5, 0.6) is 0 Å². The highest BCUT2D eigenvalue weighted by atomic mass is 32.2. The van der Waals surface area contributed by atoms with Crippen molar-refractivity contribution in [3.8, 4) is 6.07 Å². The van der Waals surface area contributed by atoms with Crippen molar-refractivity contribution in [3.05, 3.63) is 41.5 Å². The molecule has 8 nitrogen and oxygen atoms in total. The Labute approximate surface area is 189 Å². The predicted octanol–water partition coefficient (Wildman–Crippen LogP) is 3.16. The predicted molar refractivity (Wildman–Crippen MR) is 118 cm³/mol. The van der Waals surface area contributed by atoms with E-state index in [1.54, 1.807) is 0 Å². The van der Waals surface area contributed by atoms with Crippen LogP contribution in [-0.4, -0.2) is 46.4 Å². The van der Waals surface area contributed by atoms with Crippen LogP contribution in [0.3, 0.4) is 0 Å². The fourth-order valence-corrected chi connectivity index (χ4v) is 6.54. The number of hydrogen-bond donors (Lipinski definition) is 0. The smallest absolute Gasteiger partial charge is 0.243 e. The van der Waals surface area contributed by atoms with Crippen LogP contribution in [0.4, 0.5) is 0 Å². The van der Waals surface area contributed by atoms with Gasteiger partial charge in [-0.15, -0.1) is 10.2 Å². The lowest BCUT2D eigenvalue weighted by molar-refractivity contribution is 0.0974. The zero-order valence-corrected chi connectivity index (χ0v) is 19.4. The van der Waals surface area contributed by atoms with Gasteiger partial charge in [0.05, 0.1) is 11.0 Å². The van der Waals surface area contributed by atoms with Crippen LogP contribution in [-0.2, 0) is 23.0 Å². The van der Waals surface area contributed by atoms with E-state index < -0.39 is 21.7 Å². The van der Waals surface area contributed by atoms with Crippen LogP contribution in [0.1, 0.15) is 67.5 Å². The molecule has 32 heavy (non-hydrogen) atoms. The third-order valence-electron chi connectivity index (χ3n) is 6.40. The van der Waals surface area contributed by atoms with Crippen LogP contribution in [0.2, 0.25) is 0 Å². The number of aryl methyl sites for hydroxylation is 1. The summed E-state index contributed by atoms with van der Waals surface area (Å²) in [4.78, 5) is 13.3. The molecule has 0 bridgehead atoms. The molecule has 1 aromatic heterocycles. The SMILES string of the molecule is CC1CC(C)CN(S(=O)(=O)c2ccc(C(=O)C(C#N)c3nnc4n3CCCCC4)cc2)C1. The Morgan fingerprint density at radius 3 is 2.44 bits per heavy atom. The van der Waals surface area contributed by atoms with Crippen molar-refractivity contribution < 1.29 is 13.2 Å². The Balaban J connectivity index is 1.57. The van der Waals surface area contributed by atoms with E-state index in [1.165, 1.54) is 28.6 Å². The normalized spacial score (nSPS) is 23.0. The molecule has 1 fully saturated rings. The average Bonchev–Trinajstić information content (AvgIpc) is 3.01. The third kappa shape index (κ3) is 4.34. The summed E-state index contributed by atoms with van der Waals surface area (Å²) >= 11 is 0. The van der Waals surface area contributed by atoms with Crippen LogP contribution < -0.4 is 0 Å². The maximum Gasteiger partial charge on any atom is 0.243 e. The third-order valence-corrected chi connectivity index (χ3v) is 8.25. The maximum atomic E-state index is 13.1. The minimum atomic E-state index is -3.62. The quantitative estimate of drug-likeness (QED) is 0.641. The van der Waals surface area contributed by atoms with Gasteiger partial charge in [-0.2, -0.15) is 9.57 Å². The van der Waals surface area contributed by atoms with Gasteiger partial charge < -0.3 is 4.57 Å². The van der Waals surface area contributed by atoms with Gasteiger partial charge in [-0.1, -0.05) is 32.4 Å². The Morgan fingerprint density at radius 1 is 1.09 bits per heavy atom. The molecule has 1 aromatic carbocycles. The first-order valence-electron chi connectivity index (χ1n) is 11.3. The van der Waals surface area contributed by atoms with Gasteiger partial charge in [0.2, 0.25) is 10.0 Å². The highest BCUT2D eigenvalue weighted by Gasteiger charge is 2.33. The minimum absolute atomic E-state index is 0.167. The molecule has 2 aromatic rings. The lowest BCUT2D eigenvalue weighted by atomic mass is 9.94. The molecule has 1 saturated heterocycles. The molecular weight excluding hydrogens is 426 g/mol. The molecule has 170 valence electrons. The number of nitriles is 1. The Kier molecular flexibility index (Phi) is 6.45. The minimum Gasteiger partial charge on any atom is -0.313 e. The van der Waals surface area contributed by atoms with E-state index in [-0.39, 0.29) is 4.90 Å². The zero-order valence-electron chi connectivity index (χ0n) is 18.6. The molecule has 3 heterocycles. The molecule has 9 heteroatoms. The van der Waals surface area contributed by atoms with E-state index in [0.29, 0.717) is 42.9 Å². The molecule has 4 rings (SSSR count). The van der Waals surface area contributed by atoms with E-state index in [4.69, 9.17) is 0 Å². The van der Waals surface area contributed by atoms with Gasteiger partial charge in [0.15, 0.2) is 17.5 Å². The van der Waals surface area contributed by atoms with Gasteiger partial charge >= 0.3 is 0 Å². The number of piperidine rings is 1. The first kappa shape index (κ1) is 22.6. The molecule has 0 saturated carbocycles. The Hall–Kier alpha value is -2.57. The summed E-state index contributed by atoms with van der Waals surface area (Å²) in [6, 6.07) is 8.00. The molecule has 0 N–H and O–H groups in total. The molecule has 0 aliphatic carbocycles. The van der Waals surface area contributed by atoms with Crippen molar-refractivity contribution in [2.24, 2.45) is 11.8 Å². The van der Waals surface area contributed by atoms with Crippen LogP contribution >= 0.6 is 0 Å². The number of ketones is 1. The van der Waals surface area contributed by atoms with E-state index >= 15 is 0 Å².